The minimum Gasteiger partial charge on any atom is -0.324 e. The van der Waals surface area contributed by atoms with Gasteiger partial charge in [-0.15, -0.1) is 0 Å². The number of amides is 2. The summed E-state index contributed by atoms with van der Waals surface area (Å²) >= 11 is 9.26. The van der Waals surface area contributed by atoms with E-state index in [1.807, 2.05) is 13.0 Å². The van der Waals surface area contributed by atoms with E-state index < -0.39 is 6.04 Å². The maximum atomic E-state index is 12.4. The van der Waals surface area contributed by atoms with Crippen molar-refractivity contribution in [1.82, 2.24) is 9.88 Å². The molecular formula is C18H20BrClN4O2. The zero-order valence-corrected chi connectivity index (χ0v) is 17.1. The number of anilines is 2. The summed E-state index contributed by atoms with van der Waals surface area (Å²) < 4.78 is 0.828. The van der Waals surface area contributed by atoms with Gasteiger partial charge in [-0.2, -0.15) is 0 Å². The Morgan fingerprint density at radius 1 is 1.27 bits per heavy atom. The Hall–Kier alpha value is -1.96. The molecule has 2 N–H and O–H groups in total. The Morgan fingerprint density at radius 3 is 2.65 bits per heavy atom. The maximum Gasteiger partial charge on any atom is 0.241 e. The van der Waals surface area contributed by atoms with Crippen LogP contribution in [0.25, 0.3) is 0 Å². The molecule has 8 heteroatoms. The lowest BCUT2D eigenvalue weighted by Gasteiger charge is -2.23. The van der Waals surface area contributed by atoms with E-state index in [0.717, 1.165) is 10.0 Å². The van der Waals surface area contributed by atoms with Crippen molar-refractivity contribution in [3.63, 3.8) is 0 Å². The third-order valence-electron chi connectivity index (χ3n) is 3.89. The first-order chi connectivity index (χ1) is 12.3. The SMILES string of the molecule is Cc1ccc(Cl)cc1NC(=O)C(C)N(C)CC(=O)Nc1ccc(Br)cn1. The Bertz CT molecular complexity index is 798. The first kappa shape index (κ1) is 20.4. The van der Waals surface area contributed by atoms with Gasteiger partial charge in [0.15, 0.2) is 0 Å². The van der Waals surface area contributed by atoms with Crippen LogP contribution in [0.3, 0.4) is 0 Å². The van der Waals surface area contributed by atoms with Crippen molar-refractivity contribution in [3.8, 4) is 0 Å². The normalized spacial score (nSPS) is 11.9. The van der Waals surface area contributed by atoms with E-state index in [-0.39, 0.29) is 18.4 Å². The van der Waals surface area contributed by atoms with Crippen LogP contribution in [0.1, 0.15) is 12.5 Å². The largest absolute Gasteiger partial charge is 0.324 e. The zero-order valence-electron chi connectivity index (χ0n) is 14.7. The fraction of sp³-hybridized carbons (Fsp3) is 0.278. The van der Waals surface area contributed by atoms with Crippen LogP contribution < -0.4 is 10.6 Å². The number of likely N-dealkylation sites (N-methyl/N-ethyl adjacent to an activating group) is 1. The quantitative estimate of drug-likeness (QED) is 0.720. The molecule has 0 fully saturated rings. The molecule has 0 saturated carbocycles. The summed E-state index contributed by atoms with van der Waals surface area (Å²) in [6, 6.07) is 8.29. The molecule has 26 heavy (non-hydrogen) atoms. The highest BCUT2D eigenvalue weighted by Crippen LogP contribution is 2.20. The van der Waals surface area contributed by atoms with Crippen LogP contribution in [-0.4, -0.2) is 41.3 Å². The Labute approximate surface area is 166 Å². The summed E-state index contributed by atoms with van der Waals surface area (Å²) in [6.45, 7) is 3.68. The number of benzene rings is 1. The van der Waals surface area contributed by atoms with Crippen LogP contribution in [0, 0.1) is 6.92 Å². The number of carbonyl (C=O) groups excluding carboxylic acids is 2. The number of aromatic nitrogens is 1. The highest BCUT2D eigenvalue weighted by molar-refractivity contribution is 9.10. The van der Waals surface area contributed by atoms with Gasteiger partial charge in [-0.25, -0.2) is 4.98 Å². The lowest BCUT2D eigenvalue weighted by Crippen LogP contribution is -2.43. The average Bonchev–Trinajstić information content (AvgIpc) is 2.59. The van der Waals surface area contributed by atoms with Gasteiger partial charge >= 0.3 is 0 Å². The molecule has 6 nitrogen and oxygen atoms in total. The second-order valence-corrected chi connectivity index (χ2v) is 7.30. The van der Waals surface area contributed by atoms with E-state index in [2.05, 4.69) is 31.5 Å². The van der Waals surface area contributed by atoms with E-state index in [1.165, 1.54) is 0 Å². The third kappa shape index (κ3) is 5.79. The first-order valence-corrected chi connectivity index (χ1v) is 9.12. The molecule has 0 spiro atoms. The van der Waals surface area contributed by atoms with Crippen molar-refractivity contribution in [1.29, 1.82) is 0 Å². The number of aryl methyl sites for hydroxylation is 1. The van der Waals surface area contributed by atoms with Gasteiger partial charge in [0, 0.05) is 21.4 Å². The molecule has 138 valence electrons. The summed E-state index contributed by atoms with van der Waals surface area (Å²) in [5.41, 5.74) is 1.57. The van der Waals surface area contributed by atoms with E-state index in [4.69, 9.17) is 11.6 Å². The number of halogens is 2. The fourth-order valence-electron chi connectivity index (χ4n) is 2.16. The molecule has 1 aromatic carbocycles. The predicted octanol–water partition coefficient (Wildman–Crippen LogP) is 3.70. The van der Waals surface area contributed by atoms with Gasteiger partial charge < -0.3 is 10.6 Å². The molecule has 2 rings (SSSR count). The van der Waals surface area contributed by atoms with E-state index in [0.29, 0.717) is 16.5 Å². The molecular weight excluding hydrogens is 420 g/mol. The summed E-state index contributed by atoms with van der Waals surface area (Å²) in [5, 5.41) is 6.09. The van der Waals surface area contributed by atoms with Crippen molar-refractivity contribution in [2.24, 2.45) is 0 Å². The number of hydrogen-bond acceptors (Lipinski definition) is 4. The second-order valence-electron chi connectivity index (χ2n) is 5.95. The number of nitrogens with zero attached hydrogens (tertiary/aromatic N) is 2. The predicted molar refractivity (Wildman–Crippen MR) is 107 cm³/mol. The highest BCUT2D eigenvalue weighted by Gasteiger charge is 2.21. The number of hydrogen-bond donors (Lipinski definition) is 2. The molecule has 0 aliphatic rings. The second kappa shape index (κ2) is 9.12. The van der Waals surface area contributed by atoms with Crippen molar-refractivity contribution >= 4 is 50.9 Å². The van der Waals surface area contributed by atoms with Gasteiger partial charge in [-0.3, -0.25) is 14.5 Å². The van der Waals surface area contributed by atoms with Crippen LogP contribution >= 0.6 is 27.5 Å². The van der Waals surface area contributed by atoms with Crippen molar-refractivity contribution in [3.05, 3.63) is 51.6 Å². The lowest BCUT2D eigenvalue weighted by atomic mass is 10.2. The lowest BCUT2D eigenvalue weighted by molar-refractivity contribution is -0.122. The maximum absolute atomic E-state index is 12.4. The fourth-order valence-corrected chi connectivity index (χ4v) is 2.57. The minimum atomic E-state index is -0.503. The van der Waals surface area contributed by atoms with E-state index >= 15 is 0 Å². The highest BCUT2D eigenvalue weighted by atomic mass is 79.9. The number of rotatable bonds is 6. The Balaban J connectivity index is 1.92. The molecule has 1 aromatic heterocycles. The van der Waals surface area contributed by atoms with Gasteiger partial charge in [-0.1, -0.05) is 17.7 Å². The number of nitrogens with one attached hydrogen (secondary N) is 2. The molecule has 1 atom stereocenters. The molecule has 0 aliphatic heterocycles. The van der Waals surface area contributed by atoms with Crippen LogP contribution in [0.4, 0.5) is 11.5 Å². The topological polar surface area (TPSA) is 74.3 Å². The summed E-state index contributed by atoms with van der Waals surface area (Å²) in [6.07, 6.45) is 1.60. The standard InChI is InChI=1S/C18H20BrClN4O2/c1-11-4-6-14(20)8-15(11)22-18(26)12(2)24(3)10-17(25)23-16-7-5-13(19)9-21-16/h4-9,12H,10H2,1-3H3,(H,22,26)(H,21,23,25). The molecule has 2 aromatic rings. The third-order valence-corrected chi connectivity index (χ3v) is 4.59. The van der Waals surface area contributed by atoms with Crippen molar-refractivity contribution in [2.45, 2.75) is 19.9 Å². The summed E-state index contributed by atoms with van der Waals surface area (Å²) in [5.74, 6) is -0.00778. The molecule has 0 radical (unpaired) electrons. The summed E-state index contributed by atoms with van der Waals surface area (Å²) in [7, 11) is 1.71. The van der Waals surface area contributed by atoms with E-state index in [1.54, 1.807) is 49.3 Å². The first-order valence-electron chi connectivity index (χ1n) is 7.95. The van der Waals surface area contributed by atoms with Crippen LogP contribution in [0.5, 0.6) is 0 Å². The molecule has 0 aliphatic carbocycles. The van der Waals surface area contributed by atoms with Crippen LogP contribution in [-0.2, 0) is 9.59 Å². The van der Waals surface area contributed by atoms with Crippen LogP contribution in [0.2, 0.25) is 5.02 Å². The number of pyridine rings is 1. The van der Waals surface area contributed by atoms with Crippen molar-refractivity contribution < 1.29 is 9.59 Å². The Morgan fingerprint density at radius 2 is 2.00 bits per heavy atom. The zero-order chi connectivity index (χ0) is 19.3. The smallest absolute Gasteiger partial charge is 0.241 e. The molecule has 0 bridgehead atoms. The van der Waals surface area contributed by atoms with Crippen LogP contribution in [0.15, 0.2) is 41.0 Å². The Kier molecular flexibility index (Phi) is 7.14. The van der Waals surface area contributed by atoms with Crippen molar-refractivity contribution in [2.75, 3.05) is 24.2 Å². The van der Waals surface area contributed by atoms with Gasteiger partial charge in [0.1, 0.15) is 5.82 Å². The molecule has 1 heterocycles. The minimum absolute atomic E-state index is 0.0564. The summed E-state index contributed by atoms with van der Waals surface area (Å²) in [4.78, 5) is 30.3. The van der Waals surface area contributed by atoms with Gasteiger partial charge in [-0.05, 0) is 66.7 Å². The van der Waals surface area contributed by atoms with Gasteiger partial charge in [0.2, 0.25) is 11.8 Å². The average molecular weight is 440 g/mol. The van der Waals surface area contributed by atoms with Gasteiger partial charge in [0.05, 0.1) is 12.6 Å². The number of carbonyl (C=O) groups is 2. The monoisotopic (exact) mass is 438 g/mol. The molecule has 1 unspecified atom stereocenters. The molecule has 2 amide bonds. The van der Waals surface area contributed by atoms with Gasteiger partial charge in [0.25, 0.3) is 0 Å². The van der Waals surface area contributed by atoms with E-state index in [9.17, 15) is 9.59 Å². The molecule has 0 saturated heterocycles.